The Balaban J connectivity index is 2.35. The van der Waals surface area contributed by atoms with Gasteiger partial charge in [-0.2, -0.15) is 5.26 Å². The molecule has 0 bridgehead atoms. The van der Waals surface area contributed by atoms with E-state index < -0.39 is 11.8 Å². The maximum atomic E-state index is 11.5. The van der Waals surface area contributed by atoms with E-state index in [2.05, 4.69) is 0 Å². The summed E-state index contributed by atoms with van der Waals surface area (Å²) >= 11 is 0. The van der Waals surface area contributed by atoms with E-state index >= 15 is 0 Å². The van der Waals surface area contributed by atoms with Gasteiger partial charge >= 0.3 is 0 Å². The number of benzene rings is 1. The van der Waals surface area contributed by atoms with Gasteiger partial charge in [0.15, 0.2) is 6.61 Å². The van der Waals surface area contributed by atoms with Crippen molar-refractivity contribution in [2.45, 2.75) is 0 Å². The van der Waals surface area contributed by atoms with Gasteiger partial charge in [0.2, 0.25) is 0 Å². The lowest BCUT2D eigenvalue weighted by Crippen LogP contribution is -2.29. The number of carbonyl (C=O) groups excluding carboxylic acids is 2. The molecule has 1 aliphatic heterocycles. The molecule has 2 rings (SSSR count). The van der Waals surface area contributed by atoms with Crippen LogP contribution in [0.5, 0.6) is 5.75 Å². The number of nitrogens with zero attached hydrogens (tertiary/aromatic N) is 2. The molecule has 5 heteroatoms. The van der Waals surface area contributed by atoms with Crippen molar-refractivity contribution in [1.29, 1.82) is 5.26 Å². The van der Waals surface area contributed by atoms with Crippen LogP contribution >= 0.6 is 0 Å². The lowest BCUT2D eigenvalue weighted by Gasteiger charge is -2.17. The van der Waals surface area contributed by atoms with Gasteiger partial charge in [0.1, 0.15) is 11.8 Å². The highest BCUT2D eigenvalue weighted by Crippen LogP contribution is 2.29. The van der Waals surface area contributed by atoms with E-state index in [0.29, 0.717) is 11.4 Å². The normalized spacial score (nSPS) is 13.9. The number of imide groups is 1. The van der Waals surface area contributed by atoms with Crippen LogP contribution in [0, 0.1) is 11.3 Å². The van der Waals surface area contributed by atoms with Crippen molar-refractivity contribution in [3.63, 3.8) is 0 Å². The summed E-state index contributed by atoms with van der Waals surface area (Å²) in [5.74, 6) is -0.495. The van der Waals surface area contributed by atoms with Gasteiger partial charge in [0.05, 0.1) is 5.69 Å². The predicted molar refractivity (Wildman–Crippen MR) is 59.2 cm³/mol. The Morgan fingerprint density at radius 3 is 2.47 bits per heavy atom. The Bertz CT molecular complexity index is 525. The standard InChI is InChI=1S/C12H8N2O3/c13-7-8-17-10-4-2-1-3-9(10)14-11(15)5-6-12(14)16/h1-6H,8H2. The largest absolute Gasteiger partial charge is 0.477 e. The third kappa shape index (κ3) is 2.01. The predicted octanol–water partition coefficient (Wildman–Crippen LogP) is 1.02. The zero-order valence-electron chi connectivity index (χ0n) is 8.79. The average molecular weight is 228 g/mol. The monoisotopic (exact) mass is 228 g/mol. The molecule has 0 saturated heterocycles. The van der Waals surface area contributed by atoms with Gasteiger partial charge in [-0.15, -0.1) is 0 Å². The van der Waals surface area contributed by atoms with E-state index in [4.69, 9.17) is 10.00 Å². The Labute approximate surface area is 97.5 Å². The molecule has 0 fully saturated rings. The van der Waals surface area contributed by atoms with Crippen LogP contribution in [0.25, 0.3) is 0 Å². The summed E-state index contributed by atoms with van der Waals surface area (Å²) in [7, 11) is 0. The van der Waals surface area contributed by atoms with Crippen molar-refractivity contribution < 1.29 is 14.3 Å². The fourth-order valence-corrected chi connectivity index (χ4v) is 1.51. The molecule has 1 aliphatic rings. The number of nitriles is 1. The Kier molecular flexibility index (Phi) is 2.88. The highest BCUT2D eigenvalue weighted by Gasteiger charge is 2.27. The molecule has 0 radical (unpaired) electrons. The summed E-state index contributed by atoms with van der Waals surface area (Å²) in [4.78, 5) is 24.0. The summed E-state index contributed by atoms with van der Waals surface area (Å²) in [6.45, 7) is -0.138. The number of hydrogen-bond acceptors (Lipinski definition) is 4. The van der Waals surface area contributed by atoms with Gasteiger partial charge in [-0.1, -0.05) is 12.1 Å². The number of ether oxygens (including phenoxy) is 1. The molecule has 1 aromatic rings. The fraction of sp³-hybridized carbons (Fsp3) is 0.0833. The molecule has 17 heavy (non-hydrogen) atoms. The fourth-order valence-electron chi connectivity index (χ4n) is 1.51. The summed E-state index contributed by atoms with van der Waals surface area (Å²) in [5, 5.41) is 8.45. The third-order valence-corrected chi connectivity index (χ3v) is 2.21. The van der Waals surface area contributed by atoms with Gasteiger partial charge in [0, 0.05) is 12.2 Å². The van der Waals surface area contributed by atoms with Gasteiger partial charge in [-0.25, -0.2) is 4.90 Å². The summed E-state index contributed by atoms with van der Waals surface area (Å²) in [6, 6.07) is 8.42. The topological polar surface area (TPSA) is 70.4 Å². The maximum absolute atomic E-state index is 11.5. The maximum Gasteiger partial charge on any atom is 0.258 e. The van der Waals surface area contributed by atoms with Crippen LogP contribution in [0.15, 0.2) is 36.4 Å². The quantitative estimate of drug-likeness (QED) is 0.724. The molecule has 1 heterocycles. The molecule has 84 valence electrons. The Morgan fingerprint density at radius 2 is 1.82 bits per heavy atom. The lowest BCUT2D eigenvalue weighted by atomic mass is 10.2. The van der Waals surface area contributed by atoms with Crippen molar-refractivity contribution in [3.8, 4) is 11.8 Å². The minimum Gasteiger partial charge on any atom is -0.477 e. The highest BCUT2D eigenvalue weighted by molar-refractivity contribution is 6.28. The van der Waals surface area contributed by atoms with Crippen LogP contribution in [-0.2, 0) is 9.59 Å². The van der Waals surface area contributed by atoms with Gasteiger partial charge in [0.25, 0.3) is 11.8 Å². The zero-order chi connectivity index (χ0) is 12.3. The second-order valence-corrected chi connectivity index (χ2v) is 3.26. The SMILES string of the molecule is N#CCOc1ccccc1N1C(=O)C=CC1=O. The van der Waals surface area contributed by atoms with Crippen LogP contribution in [0.4, 0.5) is 5.69 Å². The number of para-hydroxylation sites is 2. The number of amides is 2. The first-order chi connectivity index (χ1) is 8.24. The van der Waals surface area contributed by atoms with Crippen LogP contribution in [0.3, 0.4) is 0 Å². The van der Waals surface area contributed by atoms with Crippen LogP contribution in [0.2, 0.25) is 0 Å². The molecule has 0 spiro atoms. The van der Waals surface area contributed by atoms with Crippen molar-refractivity contribution in [2.75, 3.05) is 11.5 Å². The molecule has 0 atom stereocenters. The van der Waals surface area contributed by atoms with Gasteiger partial charge < -0.3 is 4.74 Å². The lowest BCUT2D eigenvalue weighted by molar-refractivity contribution is -0.120. The molecule has 2 amide bonds. The van der Waals surface area contributed by atoms with Crippen LogP contribution in [0.1, 0.15) is 0 Å². The van der Waals surface area contributed by atoms with Gasteiger partial charge in [-0.05, 0) is 12.1 Å². The van der Waals surface area contributed by atoms with E-state index in [1.807, 2.05) is 6.07 Å². The van der Waals surface area contributed by atoms with E-state index in [0.717, 1.165) is 4.90 Å². The van der Waals surface area contributed by atoms with E-state index in [9.17, 15) is 9.59 Å². The molecule has 0 aromatic heterocycles. The smallest absolute Gasteiger partial charge is 0.258 e. The number of carbonyl (C=O) groups is 2. The molecule has 0 saturated carbocycles. The third-order valence-electron chi connectivity index (χ3n) is 2.21. The molecular weight excluding hydrogens is 220 g/mol. The van der Waals surface area contributed by atoms with E-state index in [-0.39, 0.29) is 6.61 Å². The zero-order valence-corrected chi connectivity index (χ0v) is 8.79. The Morgan fingerprint density at radius 1 is 1.18 bits per heavy atom. The minimum absolute atomic E-state index is 0.138. The Hall–Kier alpha value is -2.61. The highest BCUT2D eigenvalue weighted by atomic mass is 16.5. The van der Waals surface area contributed by atoms with E-state index in [1.54, 1.807) is 24.3 Å². The average Bonchev–Trinajstić information content (AvgIpc) is 2.67. The summed E-state index contributed by atoms with van der Waals surface area (Å²) in [5.41, 5.74) is 0.350. The molecule has 0 aliphatic carbocycles. The summed E-state index contributed by atoms with van der Waals surface area (Å²) in [6.07, 6.45) is 2.40. The van der Waals surface area contributed by atoms with Crippen LogP contribution < -0.4 is 9.64 Å². The molecular formula is C12H8N2O3. The van der Waals surface area contributed by atoms with Crippen molar-refractivity contribution >= 4 is 17.5 Å². The first-order valence-corrected chi connectivity index (χ1v) is 4.89. The molecule has 0 N–H and O–H groups in total. The number of hydrogen-bond donors (Lipinski definition) is 0. The number of rotatable bonds is 3. The molecule has 5 nitrogen and oxygen atoms in total. The molecule has 1 aromatic carbocycles. The minimum atomic E-state index is -0.414. The van der Waals surface area contributed by atoms with Gasteiger partial charge in [-0.3, -0.25) is 9.59 Å². The van der Waals surface area contributed by atoms with Crippen molar-refractivity contribution in [1.82, 2.24) is 0 Å². The van der Waals surface area contributed by atoms with E-state index in [1.165, 1.54) is 12.2 Å². The first kappa shape index (κ1) is 10.9. The number of anilines is 1. The second kappa shape index (κ2) is 4.49. The van der Waals surface area contributed by atoms with Crippen LogP contribution in [-0.4, -0.2) is 18.4 Å². The molecule has 0 unspecified atom stereocenters. The summed E-state index contributed by atoms with van der Waals surface area (Å²) < 4.78 is 5.16. The first-order valence-electron chi connectivity index (χ1n) is 4.89. The van der Waals surface area contributed by atoms with Crippen molar-refractivity contribution in [2.24, 2.45) is 0 Å². The van der Waals surface area contributed by atoms with Crippen molar-refractivity contribution in [3.05, 3.63) is 36.4 Å². The second-order valence-electron chi connectivity index (χ2n) is 3.26.